The third kappa shape index (κ3) is 2.99. The molecule has 0 aromatic heterocycles. The average Bonchev–Trinajstić information content (AvgIpc) is 2.07. The number of rotatable bonds is 0. The number of hydrogen-bond donors (Lipinski definition) is 1. The van der Waals surface area contributed by atoms with Gasteiger partial charge in [-0.15, -0.1) is 4.99 Å². The van der Waals surface area contributed by atoms with Gasteiger partial charge in [0, 0.05) is 18.5 Å². The van der Waals surface area contributed by atoms with E-state index >= 15 is 0 Å². The lowest BCUT2D eigenvalue weighted by molar-refractivity contribution is 0.449. The van der Waals surface area contributed by atoms with E-state index in [9.17, 15) is 4.79 Å². The van der Waals surface area contributed by atoms with Crippen molar-refractivity contribution in [2.45, 2.75) is 12.8 Å². The first kappa shape index (κ1) is 8.00. The first-order chi connectivity index (χ1) is 5.43. The predicted molar refractivity (Wildman–Crippen MR) is 41.5 cm³/mol. The Morgan fingerprint density at radius 3 is 3.09 bits per heavy atom. The molecule has 1 rings (SSSR count). The monoisotopic (exact) mass is 150 g/mol. The van der Waals surface area contributed by atoms with Crippen LogP contribution in [0.25, 0.3) is 0 Å². The lowest BCUT2D eigenvalue weighted by Crippen LogP contribution is -2.28. The van der Waals surface area contributed by atoms with Gasteiger partial charge in [0.25, 0.3) is 0 Å². The van der Waals surface area contributed by atoms with Crippen molar-refractivity contribution in [3.8, 4) is 12.0 Å². The van der Waals surface area contributed by atoms with Gasteiger partial charge in [-0.05, 0) is 19.4 Å². The zero-order valence-corrected chi connectivity index (χ0v) is 6.26. The van der Waals surface area contributed by atoms with Crippen LogP contribution in [-0.4, -0.2) is 19.2 Å². The first-order valence-electron chi connectivity index (χ1n) is 3.71. The zero-order valence-electron chi connectivity index (χ0n) is 6.26. The highest BCUT2D eigenvalue weighted by molar-refractivity contribution is 5.36. The van der Waals surface area contributed by atoms with E-state index in [0.29, 0.717) is 5.92 Å². The van der Waals surface area contributed by atoms with Crippen molar-refractivity contribution in [1.29, 1.82) is 0 Å². The molecule has 0 aromatic rings. The molecule has 0 bridgehead atoms. The summed E-state index contributed by atoms with van der Waals surface area (Å²) in [7, 11) is 0. The van der Waals surface area contributed by atoms with Gasteiger partial charge in [-0.1, -0.05) is 5.92 Å². The molecule has 0 saturated carbocycles. The van der Waals surface area contributed by atoms with Gasteiger partial charge in [0.1, 0.15) is 0 Å². The van der Waals surface area contributed by atoms with E-state index in [1.165, 1.54) is 6.08 Å². The maximum Gasteiger partial charge on any atom is 0.249 e. The summed E-state index contributed by atoms with van der Waals surface area (Å²) >= 11 is 0. The summed E-state index contributed by atoms with van der Waals surface area (Å²) in [6.07, 6.45) is 3.65. The van der Waals surface area contributed by atoms with E-state index in [1.54, 1.807) is 0 Å². The van der Waals surface area contributed by atoms with Gasteiger partial charge in [0.05, 0.1) is 0 Å². The van der Waals surface area contributed by atoms with Crippen LogP contribution in [0.4, 0.5) is 0 Å². The van der Waals surface area contributed by atoms with Crippen LogP contribution in [0.5, 0.6) is 0 Å². The number of nitrogens with one attached hydrogen (secondary N) is 1. The van der Waals surface area contributed by atoms with Gasteiger partial charge in [-0.25, -0.2) is 4.79 Å². The van der Waals surface area contributed by atoms with Crippen molar-refractivity contribution in [3.05, 3.63) is 0 Å². The van der Waals surface area contributed by atoms with Crippen LogP contribution in [0.15, 0.2) is 4.99 Å². The van der Waals surface area contributed by atoms with E-state index in [0.717, 1.165) is 25.9 Å². The minimum Gasteiger partial charge on any atom is -0.316 e. The molecule has 3 nitrogen and oxygen atoms in total. The molecule has 1 fully saturated rings. The van der Waals surface area contributed by atoms with Gasteiger partial charge in [-0.2, -0.15) is 0 Å². The molecule has 3 heteroatoms. The standard InChI is InChI=1S/C8H10N2O/c11-7-10-5-3-8-2-1-4-9-6-8/h8-9H,1-2,4,6H2. The summed E-state index contributed by atoms with van der Waals surface area (Å²) in [6, 6.07) is 2.42. The van der Waals surface area contributed by atoms with Crippen molar-refractivity contribution >= 4 is 6.08 Å². The summed E-state index contributed by atoms with van der Waals surface area (Å²) in [5, 5.41) is 3.22. The highest BCUT2D eigenvalue weighted by Gasteiger charge is 2.08. The van der Waals surface area contributed by atoms with Gasteiger partial charge in [0.15, 0.2) is 0 Å². The molecule has 58 valence electrons. The molecule has 1 N–H and O–H groups in total. The Labute approximate surface area is 65.9 Å². The first-order valence-corrected chi connectivity index (χ1v) is 3.71. The molecule has 1 heterocycles. The van der Waals surface area contributed by atoms with Crippen molar-refractivity contribution < 1.29 is 4.79 Å². The fourth-order valence-electron chi connectivity index (χ4n) is 1.12. The lowest BCUT2D eigenvalue weighted by Gasteiger charge is -2.16. The van der Waals surface area contributed by atoms with Crippen LogP contribution >= 0.6 is 0 Å². The normalized spacial score (nSPS) is 22.7. The molecule has 11 heavy (non-hydrogen) atoms. The number of piperidine rings is 1. The summed E-state index contributed by atoms with van der Waals surface area (Å²) in [5.41, 5.74) is 0. The van der Waals surface area contributed by atoms with Gasteiger partial charge in [-0.3, -0.25) is 0 Å². The van der Waals surface area contributed by atoms with E-state index in [1.807, 2.05) is 0 Å². The van der Waals surface area contributed by atoms with Crippen LogP contribution in [0.2, 0.25) is 0 Å². The van der Waals surface area contributed by atoms with Crippen LogP contribution in [0.1, 0.15) is 12.8 Å². The van der Waals surface area contributed by atoms with Crippen LogP contribution in [0.3, 0.4) is 0 Å². The molecule has 1 unspecified atom stereocenters. The SMILES string of the molecule is O=C=NC#CC1CCCNC1. The molecule has 1 saturated heterocycles. The predicted octanol–water partition coefficient (Wildman–Crippen LogP) is 0.283. The Morgan fingerprint density at radius 1 is 1.55 bits per heavy atom. The Morgan fingerprint density at radius 2 is 2.45 bits per heavy atom. The Balaban J connectivity index is 2.36. The van der Waals surface area contributed by atoms with Crippen LogP contribution in [-0.2, 0) is 4.79 Å². The summed E-state index contributed by atoms with van der Waals surface area (Å²) < 4.78 is 0. The second kappa shape index (κ2) is 4.68. The molecular formula is C8H10N2O. The molecule has 0 amide bonds. The number of nitrogens with zero attached hydrogens (tertiary/aromatic N) is 1. The quantitative estimate of drug-likeness (QED) is 0.306. The van der Waals surface area contributed by atoms with E-state index < -0.39 is 0 Å². The fourth-order valence-corrected chi connectivity index (χ4v) is 1.12. The molecule has 1 atom stereocenters. The van der Waals surface area contributed by atoms with E-state index in [4.69, 9.17) is 0 Å². The second-order valence-corrected chi connectivity index (χ2v) is 2.50. The fraction of sp³-hybridized carbons (Fsp3) is 0.625. The summed E-state index contributed by atoms with van der Waals surface area (Å²) in [4.78, 5) is 12.8. The molecular weight excluding hydrogens is 140 g/mol. The third-order valence-electron chi connectivity index (χ3n) is 1.67. The number of hydrogen-bond acceptors (Lipinski definition) is 3. The minimum absolute atomic E-state index is 0.362. The lowest BCUT2D eigenvalue weighted by atomic mass is 10.0. The third-order valence-corrected chi connectivity index (χ3v) is 1.67. The van der Waals surface area contributed by atoms with Crippen molar-refractivity contribution in [3.63, 3.8) is 0 Å². The van der Waals surface area contributed by atoms with E-state index in [2.05, 4.69) is 22.3 Å². The highest BCUT2D eigenvalue weighted by atomic mass is 16.1. The molecule has 1 aliphatic heterocycles. The topological polar surface area (TPSA) is 41.5 Å². The van der Waals surface area contributed by atoms with Crippen LogP contribution in [0, 0.1) is 17.9 Å². The van der Waals surface area contributed by atoms with E-state index in [-0.39, 0.29) is 0 Å². The maximum atomic E-state index is 9.64. The average molecular weight is 150 g/mol. The van der Waals surface area contributed by atoms with Crippen molar-refractivity contribution in [2.24, 2.45) is 10.9 Å². The zero-order chi connectivity index (χ0) is 7.94. The maximum absolute atomic E-state index is 9.64. The number of aliphatic imine (C=N–C) groups is 1. The van der Waals surface area contributed by atoms with Crippen molar-refractivity contribution in [1.82, 2.24) is 5.32 Å². The highest BCUT2D eigenvalue weighted by Crippen LogP contribution is 2.07. The summed E-state index contributed by atoms with van der Waals surface area (Å²) in [6.45, 7) is 2.00. The Hall–Kier alpha value is -1.10. The Kier molecular flexibility index (Phi) is 3.40. The molecule has 1 aliphatic rings. The molecule has 0 aromatic carbocycles. The minimum atomic E-state index is 0.362. The summed E-state index contributed by atoms with van der Waals surface area (Å²) in [5.74, 6) is 3.24. The van der Waals surface area contributed by atoms with Gasteiger partial charge in [0.2, 0.25) is 6.08 Å². The van der Waals surface area contributed by atoms with Crippen LogP contribution < -0.4 is 5.32 Å². The number of carbonyl (C=O) groups excluding carboxylic acids is 1. The Bertz CT molecular complexity index is 214. The molecule has 0 spiro atoms. The largest absolute Gasteiger partial charge is 0.316 e. The van der Waals surface area contributed by atoms with Crippen molar-refractivity contribution in [2.75, 3.05) is 13.1 Å². The molecule has 0 radical (unpaired) electrons. The number of isocyanates is 1. The van der Waals surface area contributed by atoms with Gasteiger partial charge >= 0.3 is 0 Å². The van der Waals surface area contributed by atoms with Gasteiger partial charge < -0.3 is 5.32 Å². The molecule has 0 aliphatic carbocycles. The smallest absolute Gasteiger partial charge is 0.249 e. The second-order valence-electron chi connectivity index (χ2n) is 2.50.